The van der Waals surface area contributed by atoms with Crippen LogP contribution in [0, 0.1) is 5.82 Å². The van der Waals surface area contributed by atoms with Crippen molar-refractivity contribution in [3.63, 3.8) is 0 Å². The van der Waals surface area contributed by atoms with E-state index in [1.807, 2.05) is 6.07 Å². The Morgan fingerprint density at radius 3 is 2.37 bits per heavy atom. The van der Waals surface area contributed by atoms with Crippen LogP contribution < -0.4 is 4.90 Å². The molecule has 0 amide bonds. The third-order valence-corrected chi connectivity index (χ3v) is 7.28. The minimum absolute atomic E-state index is 0.210. The van der Waals surface area contributed by atoms with Gasteiger partial charge in [-0.25, -0.2) is 23.4 Å². The summed E-state index contributed by atoms with van der Waals surface area (Å²) >= 11 is 0. The molecule has 0 radical (unpaired) electrons. The van der Waals surface area contributed by atoms with Crippen molar-refractivity contribution in [1.82, 2.24) is 29.6 Å². The highest BCUT2D eigenvalue weighted by Crippen LogP contribution is 2.34. The van der Waals surface area contributed by atoms with Crippen molar-refractivity contribution in [2.24, 2.45) is 0 Å². The Morgan fingerprint density at radius 1 is 0.974 bits per heavy atom. The van der Waals surface area contributed by atoms with Gasteiger partial charge in [-0.15, -0.1) is 0 Å². The molecule has 1 aliphatic rings. The van der Waals surface area contributed by atoms with E-state index in [1.165, 1.54) is 37.7 Å². The van der Waals surface area contributed by atoms with E-state index in [0.29, 0.717) is 66.4 Å². The molecular weight excluding hydrogens is 492 g/mol. The minimum Gasteiger partial charge on any atom is -0.387 e. The number of benzene rings is 1. The average Bonchev–Trinajstić information content (AvgIpc) is 3.38. The Labute approximate surface area is 219 Å². The number of rotatable bonds is 7. The number of fused-ring (bicyclic) bond motifs is 1. The largest absolute Gasteiger partial charge is 0.387 e. The Kier molecular flexibility index (Phi) is 6.84. The second-order valence-corrected chi connectivity index (χ2v) is 10.3. The molecule has 1 atom stereocenters. The van der Waals surface area contributed by atoms with Gasteiger partial charge in [0.15, 0.2) is 12.6 Å². The number of hydrogen-bond acceptors (Lipinski definition) is 8. The average molecular weight is 524 g/mol. The first-order valence-corrected chi connectivity index (χ1v) is 12.5. The lowest BCUT2D eigenvalue weighted by Gasteiger charge is -2.36. The Bertz CT molecular complexity index is 1440. The number of anilines is 1. The third-order valence-electron chi connectivity index (χ3n) is 7.28. The third kappa shape index (κ3) is 4.96. The normalized spacial score (nSPS) is 16.7. The zero-order chi connectivity index (χ0) is 27.1. The highest BCUT2D eigenvalue weighted by atomic mass is 19.1. The van der Waals surface area contributed by atoms with Crippen LogP contribution in [-0.4, -0.2) is 71.6 Å². The lowest BCUT2D eigenvalue weighted by molar-refractivity contribution is -0.127. The molecule has 0 aliphatic carbocycles. The second kappa shape index (κ2) is 9.97. The van der Waals surface area contributed by atoms with Crippen molar-refractivity contribution < 1.29 is 19.0 Å². The summed E-state index contributed by atoms with van der Waals surface area (Å²) < 4.78 is 28.6. The van der Waals surface area contributed by atoms with Crippen LogP contribution in [0.15, 0.2) is 48.9 Å². The van der Waals surface area contributed by atoms with Crippen LogP contribution in [0.25, 0.3) is 22.3 Å². The minimum atomic E-state index is -1.63. The summed E-state index contributed by atoms with van der Waals surface area (Å²) in [7, 11) is 0. The molecule has 1 aliphatic heterocycles. The molecule has 0 saturated carbocycles. The van der Waals surface area contributed by atoms with Gasteiger partial charge in [-0.1, -0.05) is 18.2 Å². The summed E-state index contributed by atoms with van der Waals surface area (Å²) in [4.78, 5) is 18.4. The summed E-state index contributed by atoms with van der Waals surface area (Å²) in [6, 6.07) is 8.41. The molecule has 4 heterocycles. The van der Waals surface area contributed by atoms with Gasteiger partial charge in [0.2, 0.25) is 0 Å². The molecule has 1 saturated heterocycles. The van der Waals surface area contributed by atoms with Crippen LogP contribution in [0.3, 0.4) is 0 Å². The number of nitrogens with zero attached hydrogens (tertiary/aromatic N) is 7. The van der Waals surface area contributed by atoms with E-state index in [2.05, 4.69) is 19.9 Å². The highest BCUT2D eigenvalue weighted by Gasteiger charge is 2.40. The van der Waals surface area contributed by atoms with Crippen molar-refractivity contribution in [3.8, 4) is 11.3 Å². The van der Waals surface area contributed by atoms with E-state index in [9.17, 15) is 19.0 Å². The van der Waals surface area contributed by atoms with Gasteiger partial charge in [0.05, 0.1) is 29.2 Å². The predicted octanol–water partition coefficient (Wildman–Crippen LogP) is 3.26. The zero-order valence-corrected chi connectivity index (χ0v) is 21.6. The molecule has 0 spiro atoms. The highest BCUT2D eigenvalue weighted by molar-refractivity contribution is 5.83. The fourth-order valence-electron chi connectivity index (χ4n) is 4.48. The predicted molar refractivity (Wildman–Crippen MR) is 139 cm³/mol. The molecule has 0 bridgehead atoms. The summed E-state index contributed by atoms with van der Waals surface area (Å²) in [6.07, 6.45) is 4.65. The first-order chi connectivity index (χ1) is 18.1. The molecule has 2 N–H and O–H groups in total. The van der Waals surface area contributed by atoms with Gasteiger partial charge in [-0.05, 0) is 32.9 Å². The van der Waals surface area contributed by atoms with Crippen LogP contribution in [0.5, 0.6) is 0 Å². The maximum atomic E-state index is 14.1. The van der Waals surface area contributed by atoms with Crippen molar-refractivity contribution in [1.29, 1.82) is 0 Å². The Morgan fingerprint density at radius 2 is 1.71 bits per heavy atom. The van der Waals surface area contributed by atoms with Crippen LogP contribution in [0.4, 0.5) is 14.6 Å². The molecule has 3 aromatic heterocycles. The maximum Gasteiger partial charge on any atom is 0.181 e. The van der Waals surface area contributed by atoms with Gasteiger partial charge in [0.1, 0.15) is 22.6 Å². The summed E-state index contributed by atoms with van der Waals surface area (Å²) in [5, 5.41) is 25.5. The SMILES string of the molecule is CC(C)(O)[C@](C)(O)c1cc2nc(-c3cnn(CF)c3)c(N3CCN(Cc4ccccc4F)CC3)nc2cn1. The molecule has 11 heteroatoms. The fraction of sp³-hybridized carbons (Fsp3) is 0.407. The van der Waals surface area contributed by atoms with Crippen LogP contribution >= 0.6 is 0 Å². The van der Waals surface area contributed by atoms with Crippen molar-refractivity contribution >= 4 is 16.9 Å². The van der Waals surface area contributed by atoms with Crippen molar-refractivity contribution in [3.05, 3.63) is 66.0 Å². The van der Waals surface area contributed by atoms with Gasteiger partial charge in [-0.3, -0.25) is 9.88 Å². The number of hydrogen-bond donors (Lipinski definition) is 2. The van der Waals surface area contributed by atoms with Gasteiger partial charge >= 0.3 is 0 Å². The van der Waals surface area contributed by atoms with E-state index in [1.54, 1.807) is 30.6 Å². The van der Waals surface area contributed by atoms with E-state index >= 15 is 0 Å². The fourth-order valence-corrected chi connectivity index (χ4v) is 4.48. The zero-order valence-electron chi connectivity index (χ0n) is 21.6. The van der Waals surface area contributed by atoms with E-state index in [-0.39, 0.29) is 11.5 Å². The van der Waals surface area contributed by atoms with Crippen LogP contribution in [0.2, 0.25) is 0 Å². The smallest absolute Gasteiger partial charge is 0.181 e. The topological polar surface area (TPSA) is 103 Å². The summed E-state index contributed by atoms with van der Waals surface area (Å²) in [6.45, 7) is 6.94. The number of piperazine rings is 1. The molecule has 1 fully saturated rings. The standard InChI is InChI=1S/C27H31F2N7O2/c1-26(2,37)27(3,38)23-12-21-22(14-30-23)33-25(24(32-21)19-13-31-36(16-19)17-28)35-10-8-34(9-11-35)15-18-6-4-5-7-20(18)29/h4-7,12-14,16,37-38H,8-11,15,17H2,1-3H3/t27-/m1/s1. The maximum absolute atomic E-state index is 14.1. The molecule has 38 heavy (non-hydrogen) atoms. The summed E-state index contributed by atoms with van der Waals surface area (Å²) in [5.41, 5.74) is -0.0335. The number of alkyl halides is 1. The lowest BCUT2D eigenvalue weighted by Crippen LogP contribution is -2.46. The van der Waals surface area contributed by atoms with Gasteiger partial charge < -0.3 is 15.1 Å². The molecular formula is C27H31F2N7O2. The van der Waals surface area contributed by atoms with E-state index in [4.69, 9.17) is 9.97 Å². The van der Waals surface area contributed by atoms with E-state index < -0.39 is 18.0 Å². The Balaban J connectivity index is 1.48. The lowest BCUT2D eigenvalue weighted by atomic mass is 9.84. The van der Waals surface area contributed by atoms with Crippen molar-refractivity contribution in [2.45, 2.75) is 45.3 Å². The number of pyridine rings is 1. The van der Waals surface area contributed by atoms with Crippen LogP contribution in [-0.2, 0) is 18.9 Å². The number of aliphatic hydroxyl groups is 2. The molecule has 5 rings (SSSR count). The van der Waals surface area contributed by atoms with Crippen molar-refractivity contribution in [2.75, 3.05) is 31.1 Å². The van der Waals surface area contributed by atoms with Gasteiger partial charge in [-0.2, -0.15) is 5.10 Å². The molecule has 0 unspecified atom stereocenters. The quantitative estimate of drug-likeness (QED) is 0.381. The monoisotopic (exact) mass is 523 g/mol. The van der Waals surface area contributed by atoms with E-state index in [0.717, 1.165) is 0 Å². The van der Waals surface area contributed by atoms with Gasteiger partial charge in [0.25, 0.3) is 0 Å². The molecule has 1 aromatic carbocycles. The molecule has 4 aromatic rings. The number of halogens is 2. The number of aromatic nitrogens is 5. The first-order valence-electron chi connectivity index (χ1n) is 12.5. The molecule has 200 valence electrons. The summed E-state index contributed by atoms with van der Waals surface area (Å²) in [5.74, 6) is 0.406. The Hall–Kier alpha value is -3.54. The van der Waals surface area contributed by atoms with Gasteiger partial charge in [0, 0.05) is 50.0 Å². The second-order valence-electron chi connectivity index (χ2n) is 10.3. The van der Waals surface area contributed by atoms with Crippen LogP contribution in [0.1, 0.15) is 32.0 Å². The molecule has 9 nitrogen and oxygen atoms in total. The first kappa shape index (κ1) is 26.1.